The molecule has 0 atom stereocenters. The maximum atomic E-state index is 12.2. The zero-order chi connectivity index (χ0) is 18.6. The van der Waals surface area contributed by atoms with Gasteiger partial charge in [-0.1, -0.05) is 60.3 Å². The number of carbonyl (C=O) groups is 1. The fourth-order valence-electron chi connectivity index (χ4n) is 2.51. The molecule has 8 heteroatoms. The molecule has 2 N–H and O–H groups in total. The van der Waals surface area contributed by atoms with E-state index >= 15 is 0 Å². The first-order chi connectivity index (χ1) is 13.2. The minimum Gasteiger partial charge on any atom is -0.411 e. The van der Waals surface area contributed by atoms with Gasteiger partial charge in [-0.05, 0) is 12.1 Å². The highest BCUT2D eigenvalue weighted by Crippen LogP contribution is 2.29. The van der Waals surface area contributed by atoms with Gasteiger partial charge in [0.25, 0.3) is 11.1 Å². The van der Waals surface area contributed by atoms with E-state index in [1.165, 1.54) is 11.8 Å². The molecule has 0 aliphatic heterocycles. The van der Waals surface area contributed by atoms with E-state index < -0.39 is 0 Å². The molecule has 0 amide bonds. The zero-order valence-electron chi connectivity index (χ0n) is 14.1. The first-order valence-corrected chi connectivity index (χ1v) is 9.15. The van der Waals surface area contributed by atoms with Gasteiger partial charge in [-0.15, -0.1) is 10.2 Å². The highest BCUT2D eigenvalue weighted by molar-refractivity contribution is 7.99. The van der Waals surface area contributed by atoms with E-state index in [9.17, 15) is 4.79 Å². The smallest absolute Gasteiger partial charge is 0.277 e. The Kier molecular flexibility index (Phi) is 4.71. The largest absolute Gasteiger partial charge is 0.411 e. The summed E-state index contributed by atoms with van der Waals surface area (Å²) in [5.74, 6) is 0.882. The van der Waals surface area contributed by atoms with Crippen LogP contribution in [0.3, 0.4) is 0 Å². The van der Waals surface area contributed by atoms with Crippen molar-refractivity contribution in [1.29, 1.82) is 0 Å². The average Bonchev–Trinajstić information content (AvgIpc) is 3.34. The molecule has 134 valence electrons. The van der Waals surface area contributed by atoms with Crippen LogP contribution in [-0.2, 0) is 0 Å². The van der Waals surface area contributed by atoms with Gasteiger partial charge in [0.05, 0.1) is 17.6 Å². The third-order valence-electron chi connectivity index (χ3n) is 3.87. The summed E-state index contributed by atoms with van der Waals surface area (Å²) >= 11 is 1.19. The highest BCUT2D eigenvalue weighted by atomic mass is 32.2. The Balaban J connectivity index is 1.49. The summed E-state index contributed by atoms with van der Waals surface area (Å²) in [6, 6.07) is 18.6. The van der Waals surface area contributed by atoms with Crippen molar-refractivity contribution in [1.82, 2.24) is 20.0 Å². The van der Waals surface area contributed by atoms with Gasteiger partial charge in [-0.3, -0.25) is 4.79 Å². The van der Waals surface area contributed by atoms with Gasteiger partial charge in [0, 0.05) is 5.56 Å². The van der Waals surface area contributed by atoms with E-state index in [2.05, 4.69) is 15.3 Å². The number of carbonyl (C=O) groups excluding carboxylic acids is 1. The lowest BCUT2D eigenvalue weighted by Crippen LogP contribution is -2.01. The molecule has 4 rings (SSSR count). The van der Waals surface area contributed by atoms with E-state index in [-0.39, 0.29) is 17.4 Å². The third kappa shape index (κ3) is 3.61. The van der Waals surface area contributed by atoms with E-state index in [1.54, 1.807) is 23.0 Å². The number of para-hydroxylation sites is 1. The number of ketones is 1. The standard InChI is InChI=1S/C19H15N5O2S/c20-17-15(11-21-24(17)14-9-5-2-6-10-14)18-22-23-19(26-18)27-12-16(25)13-7-3-1-4-8-13/h1-11H,12,20H2. The van der Waals surface area contributed by atoms with Crippen LogP contribution in [0.5, 0.6) is 0 Å². The number of aromatic nitrogens is 4. The van der Waals surface area contributed by atoms with Crippen molar-refractivity contribution in [2.24, 2.45) is 0 Å². The van der Waals surface area contributed by atoms with Gasteiger partial charge in [-0.25, -0.2) is 4.68 Å². The lowest BCUT2D eigenvalue weighted by atomic mass is 10.2. The summed E-state index contributed by atoms with van der Waals surface area (Å²) in [5.41, 5.74) is 8.22. The van der Waals surface area contributed by atoms with Gasteiger partial charge in [-0.2, -0.15) is 5.10 Å². The summed E-state index contributed by atoms with van der Waals surface area (Å²) in [5, 5.41) is 12.6. The average molecular weight is 377 g/mol. The van der Waals surface area contributed by atoms with Crippen LogP contribution in [0.25, 0.3) is 17.1 Å². The van der Waals surface area contributed by atoms with Crippen LogP contribution in [0.15, 0.2) is 76.5 Å². The minimum absolute atomic E-state index is 0.00300. The van der Waals surface area contributed by atoms with E-state index in [1.807, 2.05) is 48.5 Å². The van der Waals surface area contributed by atoms with Crippen LogP contribution in [0.4, 0.5) is 5.82 Å². The van der Waals surface area contributed by atoms with Gasteiger partial charge < -0.3 is 10.2 Å². The Bertz CT molecular complexity index is 1060. The van der Waals surface area contributed by atoms with E-state index in [0.29, 0.717) is 22.2 Å². The molecule has 4 aromatic rings. The number of hydrogen-bond acceptors (Lipinski definition) is 7. The van der Waals surface area contributed by atoms with Crippen LogP contribution in [0.1, 0.15) is 10.4 Å². The highest BCUT2D eigenvalue weighted by Gasteiger charge is 2.18. The molecule has 7 nitrogen and oxygen atoms in total. The van der Waals surface area contributed by atoms with Crippen molar-refractivity contribution in [2.75, 3.05) is 11.5 Å². The van der Waals surface area contributed by atoms with Gasteiger partial charge in [0.15, 0.2) is 5.78 Å². The Labute approximate surface area is 159 Å². The molecule has 0 bridgehead atoms. The molecule has 0 saturated heterocycles. The molecule has 2 heterocycles. The van der Waals surface area contributed by atoms with Crippen LogP contribution in [0, 0.1) is 0 Å². The Morgan fingerprint density at radius 1 is 1.04 bits per heavy atom. The first-order valence-electron chi connectivity index (χ1n) is 8.16. The predicted molar refractivity (Wildman–Crippen MR) is 103 cm³/mol. The maximum absolute atomic E-state index is 12.2. The van der Waals surface area contributed by atoms with Gasteiger partial charge in [0.1, 0.15) is 11.4 Å². The molecular formula is C19H15N5O2S. The lowest BCUT2D eigenvalue weighted by molar-refractivity contribution is 0.102. The predicted octanol–water partition coefficient (Wildman–Crippen LogP) is 3.48. The summed E-state index contributed by atoms with van der Waals surface area (Å²) in [4.78, 5) is 12.2. The number of benzene rings is 2. The molecule has 0 radical (unpaired) electrons. The molecule has 27 heavy (non-hydrogen) atoms. The Hall–Kier alpha value is -3.39. The van der Waals surface area contributed by atoms with Crippen LogP contribution in [0.2, 0.25) is 0 Å². The topological polar surface area (TPSA) is 99.8 Å². The Morgan fingerprint density at radius 2 is 1.74 bits per heavy atom. The van der Waals surface area contributed by atoms with Crippen molar-refractivity contribution in [3.05, 3.63) is 72.4 Å². The molecule has 0 fully saturated rings. The number of anilines is 1. The SMILES string of the molecule is Nc1c(-c2nnc(SCC(=O)c3ccccc3)o2)cnn1-c1ccccc1. The molecule has 0 unspecified atom stereocenters. The number of nitrogens with two attached hydrogens (primary N) is 1. The van der Waals surface area contributed by atoms with E-state index in [0.717, 1.165) is 5.69 Å². The second kappa shape index (κ2) is 7.46. The Morgan fingerprint density at radius 3 is 2.48 bits per heavy atom. The monoisotopic (exact) mass is 377 g/mol. The summed E-state index contributed by atoms with van der Waals surface area (Å²) in [7, 11) is 0. The number of rotatable bonds is 6. The van der Waals surface area contributed by atoms with Crippen LogP contribution < -0.4 is 5.73 Å². The third-order valence-corrected chi connectivity index (χ3v) is 4.69. The molecule has 0 spiro atoms. The first kappa shape index (κ1) is 17.0. The molecule has 2 aromatic carbocycles. The minimum atomic E-state index is -0.00300. The summed E-state index contributed by atoms with van der Waals surface area (Å²) in [6.45, 7) is 0. The molecule has 0 saturated carbocycles. The molecular weight excluding hydrogens is 362 g/mol. The number of nitrogen functional groups attached to an aromatic ring is 1. The van der Waals surface area contributed by atoms with E-state index in [4.69, 9.17) is 10.2 Å². The summed E-state index contributed by atoms with van der Waals surface area (Å²) < 4.78 is 7.24. The number of thioether (sulfide) groups is 1. The van der Waals surface area contributed by atoms with Crippen molar-refractivity contribution in [3.8, 4) is 17.1 Å². The fourth-order valence-corrected chi connectivity index (χ4v) is 3.17. The van der Waals surface area contributed by atoms with Crippen LogP contribution >= 0.6 is 11.8 Å². The molecule has 2 aromatic heterocycles. The van der Waals surface area contributed by atoms with Crippen molar-refractivity contribution >= 4 is 23.4 Å². The quantitative estimate of drug-likeness (QED) is 0.405. The fraction of sp³-hybridized carbons (Fsp3) is 0.0526. The molecule has 0 aliphatic rings. The van der Waals surface area contributed by atoms with Crippen molar-refractivity contribution in [2.45, 2.75) is 5.22 Å². The number of Topliss-reactive ketones (excluding diaryl/α,β-unsaturated/α-hetero) is 1. The van der Waals surface area contributed by atoms with Crippen LogP contribution in [-0.4, -0.2) is 31.5 Å². The lowest BCUT2D eigenvalue weighted by Gasteiger charge is -2.03. The number of nitrogens with zero attached hydrogens (tertiary/aromatic N) is 4. The zero-order valence-corrected chi connectivity index (χ0v) is 15.0. The summed E-state index contributed by atoms with van der Waals surface area (Å²) in [6.07, 6.45) is 1.58. The molecule has 0 aliphatic carbocycles. The van der Waals surface area contributed by atoms with Gasteiger partial charge >= 0.3 is 0 Å². The van der Waals surface area contributed by atoms with Crippen molar-refractivity contribution in [3.63, 3.8) is 0 Å². The normalized spacial score (nSPS) is 10.8. The number of hydrogen-bond donors (Lipinski definition) is 1. The van der Waals surface area contributed by atoms with Gasteiger partial charge in [0.2, 0.25) is 0 Å². The second-order valence-electron chi connectivity index (χ2n) is 5.64. The second-order valence-corrected chi connectivity index (χ2v) is 6.57. The van der Waals surface area contributed by atoms with Crippen molar-refractivity contribution < 1.29 is 9.21 Å². The maximum Gasteiger partial charge on any atom is 0.277 e.